The molecular weight excluding hydrogens is 442 g/mol. The van der Waals surface area contributed by atoms with Gasteiger partial charge in [-0.3, -0.25) is 4.90 Å². The summed E-state index contributed by atoms with van der Waals surface area (Å²) in [6, 6.07) is 1.82. The number of nitrogens with one attached hydrogen (secondary N) is 1. The molecule has 0 aliphatic carbocycles. The van der Waals surface area contributed by atoms with E-state index in [4.69, 9.17) is 15.2 Å². The van der Waals surface area contributed by atoms with Gasteiger partial charge in [-0.05, 0) is 25.8 Å². The molecule has 2 amide bonds. The molecule has 0 saturated carbocycles. The number of aromatic nitrogens is 3. The van der Waals surface area contributed by atoms with Gasteiger partial charge in [0.2, 0.25) is 0 Å². The molecule has 0 radical (unpaired) electrons. The molecule has 33 heavy (non-hydrogen) atoms. The third-order valence-corrected chi connectivity index (χ3v) is 8.29. The Kier molecular flexibility index (Phi) is 5.07. The normalized spacial score (nSPS) is 27.8. The Balaban J connectivity index is 1.15. The number of piperidine rings is 1. The summed E-state index contributed by atoms with van der Waals surface area (Å²) in [5, 5.41) is 3.61. The number of hydrogen-bond acceptors (Lipinski definition) is 9. The summed E-state index contributed by atoms with van der Waals surface area (Å²) < 4.78 is 11.8. The largest absolute Gasteiger partial charge is 0.486 e. The van der Waals surface area contributed by atoms with Crippen LogP contribution in [-0.4, -0.2) is 72.0 Å². The van der Waals surface area contributed by atoms with E-state index in [9.17, 15) is 4.79 Å². The predicted molar refractivity (Wildman–Crippen MR) is 123 cm³/mol. The average Bonchev–Trinajstić information content (AvgIpc) is 3.36. The second-order valence-corrected chi connectivity index (χ2v) is 10.3. The lowest BCUT2D eigenvalue weighted by molar-refractivity contribution is 0.0974. The van der Waals surface area contributed by atoms with Crippen molar-refractivity contribution >= 4 is 29.4 Å². The monoisotopic (exact) mass is 469 g/mol. The first kappa shape index (κ1) is 20.9. The van der Waals surface area contributed by atoms with Crippen molar-refractivity contribution in [2.75, 3.05) is 42.6 Å². The number of ether oxygens (including phenoxy) is 2. The van der Waals surface area contributed by atoms with Crippen LogP contribution in [0.2, 0.25) is 0 Å². The van der Waals surface area contributed by atoms with Gasteiger partial charge in [-0.1, -0.05) is 11.8 Å². The minimum absolute atomic E-state index is 0.0194. The molecule has 1 unspecified atom stereocenters. The van der Waals surface area contributed by atoms with Gasteiger partial charge < -0.3 is 25.4 Å². The Morgan fingerprint density at radius 2 is 2.09 bits per heavy atom. The van der Waals surface area contributed by atoms with Gasteiger partial charge in [-0.25, -0.2) is 19.7 Å². The lowest BCUT2D eigenvalue weighted by atomic mass is 9.73. The van der Waals surface area contributed by atoms with Crippen molar-refractivity contribution in [1.29, 1.82) is 0 Å². The number of nitrogens with zero attached hydrogens (tertiary/aromatic N) is 5. The minimum atomic E-state index is -0.133. The van der Waals surface area contributed by atoms with E-state index in [1.54, 1.807) is 17.3 Å². The van der Waals surface area contributed by atoms with E-state index < -0.39 is 0 Å². The highest BCUT2D eigenvalue weighted by Crippen LogP contribution is 2.44. The van der Waals surface area contributed by atoms with Crippen LogP contribution in [0.1, 0.15) is 19.8 Å². The van der Waals surface area contributed by atoms with Gasteiger partial charge in [0, 0.05) is 37.3 Å². The highest BCUT2D eigenvalue weighted by molar-refractivity contribution is 7.99. The maximum atomic E-state index is 12.2. The summed E-state index contributed by atoms with van der Waals surface area (Å²) >= 11 is 1.46. The van der Waals surface area contributed by atoms with Crippen LogP contribution in [0, 0.1) is 5.41 Å². The number of carbonyl (C=O) groups is 1. The Bertz CT molecular complexity index is 1060. The number of hydrogen-bond donors (Lipinski definition) is 2. The second kappa shape index (κ2) is 8.00. The maximum absolute atomic E-state index is 12.2. The fourth-order valence-electron chi connectivity index (χ4n) is 5.23. The summed E-state index contributed by atoms with van der Waals surface area (Å²) in [5.74, 6) is 2.05. The van der Waals surface area contributed by atoms with E-state index >= 15 is 0 Å². The van der Waals surface area contributed by atoms with Crippen LogP contribution in [0.25, 0.3) is 0 Å². The third kappa shape index (κ3) is 3.49. The Labute approximate surface area is 196 Å². The van der Waals surface area contributed by atoms with Gasteiger partial charge in [-0.2, -0.15) is 0 Å². The van der Waals surface area contributed by atoms with E-state index in [-0.39, 0.29) is 29.6 Å². The zero-order valence-electron chi connectivity index (χ0n) is 18.4. The van der Waals surface area contributed by atoms with E-state index in [1.165, 1.54) is 11.8 Å². The van der Waals surface area contributed by atoms with Gasteiger partial charge in [-0.15, -0.1) is 0 Å². The standard InChI is InChI=1S/C22H27N7O3S/c1-13-19(23)22(12-32-13)3-6-28(7-4-22)16-9-26-17(10-25-16)33-15-2-5-24-20-18(15)31-11-14-8-27-21(30)29(14)20/h2,5,9-10,13-14,19H,3-4,6-8,11-12,23H2,1H3,(H,27,30)/t13-,14?,19+/m0/s1. The van der Waals surface area contributed by atoms with Gasteiger partial charge >= 0.3 is 6.03 Å². The number of carbonyl (C=O) groups excluding carboxylic acids is 1. The molecule has 3 fully saturated rings. The quantitative estimate of drug-likeness (QED) is 0.691. The first-order valence-corrected chi connectivity index (χ1v) is 12.2. The average molecular weight is 470 g/mol. The van der Waals surface area contributed by atoms with Crippen molar-refractivity contribution in [3.8, 4) is 5.75 Å². The zero-order chi connectivity index (χ0) is 22.6. The summed E-state index contributed by atoms with van der Waals surface area (Å²) in [7, 11) is 0. The molecular formula is C22H27N7O3S. The highest BCUT2D eigenvalue weighted by atomic mass is 32.2. The Hall–Kier alpha value is -2.63. The number of amides is 2. The van der Waals surface area contributed by atoms with Gasteiger partial charge in [0.1, 0.15) is 17.5 Å². The molecule has 2 aromatic heterocycles. The van der Waals surface area contributed by atoms with Crippen LogP contribution in [0.5, 0.6) is 5.75 Å². The first-order chi connectivity index (χ1) is 16.0. The molecule has 10 nitrogen and oxygen atoms in total. The molecule has 6 heterocycles. The summed E-state index contributed by atoms with van der Waals surface area (Å²) in [6.45, 7) is 5.63. The molecule has 4 aliphatic heterocycles. The number of nitrogens with two attached hydrogens (primary N) is 1. The summed E-state index contributed by atoms with van der Waals surface area (Å²) in [4.78, 5) is 30.7. The number of urea groups is 1. The van der Waals surface area contributed by atoms with E-state index in [2.05, 4.69) is 32.1 Å². The fourth-order valence-corrected chi connectivity index (χ4v) is 6.04. The van der Waals surface area contributed by atoms with Crippen molar-refractivity contribution in [2.24, 2.45) is 11.1 Å². The maximum Gasteiger partial charge on any atom is 0.323 e. The van der Waals surface area contributed by atoms with Gasteiger partial charge in [0.15, 0.2) is 11.6 Å². The summed E-state index contributed by atoms with van der Waals surface area (Å²) in [5.41, 5.74) is 6.52. The molecule has 11 heteroatoms. The van der Waals surface area contributed by atoms with E-state index in [0.29, 0.717) is 24.7 Å². The molecule has 1 spiro atoms. The van der Waals surface area contributed by atoms with E-state index in [0.717, 1.165) is 48.3 Å². The van der Waals surface area contributed by atoms with Crippen LogP contribution in [0.3, 0.4) is 0 Å². The lowest BCUT2D eigenvalue weighted by Gasteiger charge is -2.41. The van der Waals surface area contributed by atoms with Crippen LogP contribution in [0.4, 0.5) is 16.4 Å². The smallest absolute Gasteiger partial charge is 0.323 e. The van der Waals surface area contributed by atoms with Crippen molar-refractivity contribution in [3.63, 3.8) is 0 Å². The van der Waals surface area contributed by atoms with Crippen LogP contribution >= 0.6 is 11.8 Å². The molecule has 6 rings (SSSR count). The second-order valence-electron chi connectivity index (χ2n) is 9.19. The molecule has 0 aromatic carbocycles. The lowest BCUT2D eigenvalue weighted by Crippen LogP contribution is -2.50. The predicted octanol–water partition coefficient (Wildman–Crippen LogP) is 1.65. The van der Waals surface area contributed by atoms with E-state index in [1.807, 2.05) is 12.3 Å². The van der Waals surface area contributed by atoms with Crippen molar-refractivity contribution in [3.05, 3.63) is 24.7 Å². The number of rotatable bonds is 3. The number of fused-ring (bicyclic) bond motifs is 3. The Morgan fingerprint density at radius 1 is 1.24 bits per heavy atom. The minimum Gasteiger partial charge on any atom is -0.486 e. The third-order valence-electron chi connectivity index (χ3n) is 7.33. The zero-order valence-corrected chi connectivity index (χ0v) is 19.3. The fraction of sp³-hybridized carbons (Fsp3) is 0.545. The molecule has 2 aromatic rings. The van der Waals surface area contributed by atoms with Crippen LogP contribution in [-0.2, 0) is 4.74 Å². The van der Waals surface area contributed by atoms with Gasteiger partial charge in [0.05, 0.1) is 36.0 Å². The molecule has 3 atom stereocenters. The molecule has 3 saturated heterocycles. The van der Waals surface area contributed by atoms with Crippen LogP contribution < -0.4 is 25.6 Å². The topological polar surface area (TPSA) is 119 Å². The number of anilines is 2. The Morgan fingerprint density at radius 3 is 2.82 bits per heavy atom. The summed E-state index contributed by atoms with van der Waals surface area (Å²) in [6.07, 6.45) is 7.44. The van der Waals surface area contributed by atoms with Crippen molar-refractivity contribution in [2.45, 2.75) is 47.9 Å². The van der Waals surface area contributed by atoms with Crippen LogP contribution in [0.15, 0.2) is 34.6 Å². The van der Waals surface area contributed by atoms with Crippen molar-refractivity contribution in [1.82, 2.24) is 20.3 Å². The SMILES string of the molecule is C[C@@H]1OCC2(CCN(c3cnc(Sc4ccnc5c4OCC4CNC(=O)N54)cn3)CC2)[C@@H]1N. The molecule has 174 valence electrons. The molecule has 0 bridgehead atoms. The molecule has 4 aliphatic rings. The van der Waals surface area contributed by atoms with Crippen molar-refractivity contribution < 1.29 is 14.3 Å². The first-order valence-electron chi connectivity index (χ1n) is 11.3. The van der Waals surface area contributed by atoms with Gasteiger partial charge in [0.25, 0.3) is 0 Å². The number of pyridine rings is 1. The molecule has 3 N–H and O–H groups in total. The highest BCUT2D eigenvalue weighted by Gasteiger charge is 2.47.